The average Bonchev–Trinajstić information content (AvgIpc) is 3.01. The van der Waals surface area contributed by atoms with E-state index in [1.54, 1.807) is 6.07 Å². The molecule has 5 nitrogen and oxygen atoms in total. The Kier molecular flexibility index (Phi) is 5.86. The van der Waals surface area contributed by atoms with E-state index in [-0.39, 0.29) is 11.7 Å². The van der Waals surface area contributed by atoms with Crippen LogP contribution in [-0.2, 0) is 0 Å². The molecule has 1 aliphatic rings. The number of alkyl halides is 3. The number of halogens is 4. The van der Waals surface area contributed by atoms with Gasteiger partial charge in [0, 0.05) is 36.6 Å². The molecule has 0 bridgehead atoms. The van der Waals surface area contributed by atoms with Gasteiger partial charge in [0.1, 0.15) is 11.6 Å². The van der Waals surface area contributed by atoms with E-state index in [9.17, 15) is 13.6 Å². The monoisotopic (exact) mass is 459 g/mol. The molecule has 3 rings (SSSR count). The number of hydrogen-bond acceptors (Lipinski definition) is 4. The van der Waals surface area contributed by atoms with Crippen LogP contribution >= 0.6 is 27.5 Å². The number of rotatable bonds is 5. The van der Waals surface area contributed by atoms with Gasteiger partial charge in [-0.15, -0.1) is 8.78 Å². The Balaban J connectivity index is 1.66. The lowest BCUT2D eigenvalue weighted by Crippen LogP contribution is -2.21. The van der Waals surface area contributed by atoms with E-state index < -0.39 is 5.57 Å². The summed E-state index contributed by atoms with van der Waals surface area (Å²) in [6.07, 6.45) is 2.63. The summed E-state index contributed by atoms with van der Waals surface area (Å²) in [5, 5.41) is 2.68. The van der Waals surface area contributed by atoms with Gasteiger partial charge in [-0.3, -0.25) is 4.79 Å². The Morgan fingerprint density at radius 2 is 2.11 bits per heavy atom. The zero-order valence-corrected chi connectivity index (χ0v) is 16.7. The lowest BCUT2D eigenvalue weighted by molar-refractivity contribution is -0.0964. The van der Waals surface area contributed by atoms with Crippen LogP contribution in [0.5, 0.6) is 5.75 Å². The van der Waals surface area contributed by atoms with Crippen molar-refractivity contribution in [1.82, 2.24) is 4.98 Å². The first-order chi connectivity index (χ1) is 12.7. The summed E-state index contributed by atoms with van der Waals surface area (Å²) in [4.78, 5) is 19.0. The second kappa shape index (κ2) is 7.98. The predicted octanol–water partition coefficient (Wildman–Crippen LogP) is 5.11. The number of nitrogens with zero attached hydrogens (tertiary/aromatic N) is 2. The number of aromatic nitrogens is 1. The van der Waals surface area contributed by atoms with Crippen molar-refractivity contribution in [2.45, 2.75) is 18.9 Å². The molecule has 0 spiro atoms. The largest absolute Gasteiger partial charge is 0.487 e. The minimum Gasteiger partial charge on any atom is -0.420 e. The molecule has 0 aliphatic carbocycles. The van der Waals surface area contributed by atoms with Crippen LogP contribution in [0, 0.1) is 5.92 Å². The first kappa shape index (κ1) is 19.8. The van der Waals surface area contributed by atoms with Gasteiger partial charge in [-0.25, -0.2) is 4.98 Å². The highest BCUT2D eigenvalue weighted by atomic mass is 79.9. The Labute approximate surface area is 168 Å². The third-order valence-corrected chi connectivity index (χ3v) is 4.81. The van der Waals surface area contributed by atoms with Crippen LogP contribution < -0.4 is 15.0 Å². The molecule has 2 aromatic rings. The van der Waals surface area contributed by atoms with Gasteiger partial charge >= 0.3 is 5.57 Å². The molecular formula is C18H17BrClF2N3O2. The number of carbonyl (C=O) groups is 1. The van der Waals surface area contributed by atoms with E-state index in [0.717, 1.165) is 29.8 Å². The summed E-state index contributed by atoms with van der Waals surface area (Å²) in [5.41, 5.74) is -2.97. The van der Waals surface area contributed by atoms with Crippen molar-refractivity contribution in [1.29, 1.82) is 0 Å². The summed E-state index contributed by atoms with van der Waals surface area (Å²) in [5.74, 6) is 0.967. The average molecular weight is 461 g/mol. The van der Waals surface area contributed by atoms with Crippen LogP contribution in [0.2, 0.25) is 0 Å². The van der Waals surface area contributed by atoms with Gasteiger partial charge in [0.05, 0.1) is 10.0 Å². The summed E-state index contributed by atoms with van der Waals surface area (Å²) in [7, 11) is 0. The van der Waals surface area contributed by atoms with Gasteiger partial charge in [-0.05, 0) is 58.6 Å². The molecule has 1 aromatic carbocycles. The Morgan fingerprint density at radius 3 is 2.67 bits per heavy atom. The molecule has 1 aromatic heterocycles. The molecule has 0 radical (unpaired) electrons. The molecule has 0 saturated carbocycles. The van der Waals surface area contributed by atoms with Gasteiger partial charge in [0.2, 0.25) is 0 Å². The van der Waals surface area contributed by atoms with Crippen molar-refractivity contribution in [2.24, 2.45) is 5.92 Å². The fourth-order valence-electron chi connectivity index (χ4n) is 2.86. The van der Waals surface area contributed by atoms with Crippen molar-refractivity contribution >= 4 is 44.9 Å². The molecule has 1 amide bonds. The van der Waals surface area contributed by atoms with Crippen LogP contribution in [0.4, 0.5) is 20.3 Å². The number of benzene rings is 1. The first-order valence-electron chi connectivity index (χ1n) is 8.29. The zero-order valence-electron chi connectivity index (χ0n) is 14.4. The van der Waals surface area contributed by atoms with Crippen molar-refractivity contribution in [3.8, 4) is 5.75 Å². The van der Waals surface area contributed by atoms with E-state index in [1.165, 1.54) is 30.5 Å². The maximum absolute atomic E-state index is 12.6. The second-order valence-electron chi connectivity index (χ2n) is 6.40. The molecular weight excluding hydrogens is 444 g/mol. The van der Waals surface area contributed by atoms with E-state index in [0.29, 0.717) is 17.2 Å². The second-order valence-corrected chi connectivity index (χ2v) is 7.69. The van der Waals surface area contributed by atoms with Crippen LogP contribution in [-0.4, -0.2) is 29.5 Å². The van der Waals surface area contributed by atoms with Gasteiger partial charge in [-0.2, -0.15) is 0 Å². The summed E-state index contributed by atoms with van der Waals surface area (Å²) in [6.45, 7) is 4.07. The number of carbonyl (C=O) groups excluding carboxylic acids is 1. The molecule has 1 aliphatic heterocycles. The topological polar surface area (TPSA) is 54.5 Å². The van der Waals surface area contributed by atoms with E-state index in [4.69, 9.17) is 11.6 Å². The third kappa shape index (κ3) is 5.29. The van der Waals surface area contributed by atoms with E-state index in [1.807, 2.05) is 0 Å². The Morgan fingerprint density at radius 1 is 1.41 bits per heavy atom. The number of ether oxygens (including phenoxy) is 1. The summed E-state index contributed by atoms with van der Waals surface area (Å²) < 4.78 is 30.2. The third-order valence-electron chi connectivity index (χ3n) is 4.15. The molecule has 2 heterocycles. The number of anilines is 2. The van der Waals surface area contributed by atoms with Crippen molar-refractivity contribution in [3.05, 3.63) is 46.6 Å². The van der Waals surface area contributed by atoms with Crippen molar-refractivity contribution in [3.63, 3.8) is 0 Å². The predicted molar refractivity (Wildman–Crippen MR) is 104 cm³/mol. The summed E-state index contributed by atoms with van der Waals surface area (Å²) >= 11 is 8.20. The maximum Gasteiger partial charge on any atom is 0.487 e. The van der Waals surface area contributed by atoms with Gasteiger partial charge in [0.25, 0.3) is 5.91 Å². The standard InChI is InChI=1S/C18H17BrClF2N3O2/c1-11-6-7-25(10-11)16-15(19)8-12(9-23-16)17(26)24-13-2-4-14(5-3-13)27-18(20,21)22/h2-5,8-9,11H,6-7,10H2,1H3,(H,24,26)/t11-/m1/s1. The smallest absolute Gasteiger partial charge is 0.420 e. The highest BCUT2D eigenvalue weighted by Gasteiger charge is 2.27. The molecule has 1 N–H and O–H groups in total. The SMILES string of the molecule is C[C@@H]1CCN(c2ncc(C(=O)Nc3ccc(OC(F)(F)Cl)cc3)cc2Br)C1. The molecule has 9 heteroatoms. The van der Waals surface area contributed by atoms with Crippen LogP contribution in [0.25, 0.3) is 0 Å². The van der Waals surface area contributed by atoms with E-state index in [2.05, 4.69) is 42.8 Å². The highest BCUT2D eigenvalue weighted by Crippen LogP contribution is 2.30. The molecule has 1 fully saturated rings. The molecule has 27 heavy (non-hydrogen) atoms. The quantitative estimate of drug-likeness (QED) is 0.630. The van der Waals surface area contributed by atoms with Gasteiger partial charge < -0.3 is 15.0 Å². The Bertz CT molecular complexity index is 830. The molecule has 1 atom stereocenters. The molecule has 0 unspecified atom stereocenters. The number of nitrogens with one attached hydrogen (secondary N) is 1. The van der Waals surface area contributed by atoms with Gasteiger partial charge in [-0.1, -0.05) is 6.92 Å². The Hall–Kier alpha value is -1.93. The number of amides is 1. The zero-order chi connectivity index (χ0) is 19.6. The lowest BCUT2D eigenvalue weighted by atomic mass is 10.2. The number of hydrogen-bond donors (Lipinski definition) is 1. The highest BCUT2D eigenvalue weighted by molar-refractivity contribution is 9.10. The summed E-state index contributed by atoms with van der Waals surface area (Å²) in [6, 6.07) is 7.18. The van der Waals surface area contributed by atoms with E-state index >= 15 is 0 Å². The van der Waals surface area contributed by atoms with Crippen LogP contribution in [0.1, 0.15) is 23.7 Å². The number of pyridine rings is 1. The molecule has 1 saturated heterocycles. The first-order valence-corrected chi connectivity index (χ1v) is 9.46. The lowest BCUT2D eigenvalue weighted by Gasteiger charge is -2.18. The van der Waals surface area contributed by atoms with Crippen molar-refractivity contribution < 1.29 is 18.3 Å². The van der Waals surface area contributed by atoms with Crippen LogP contribution in [0.3, 0.4) is 0 Å². The van der Waals surface area contributed by atoms with Crippen LogP contribution in [0.15, 0.2) is 41.0 Å². The van der Waals surface area contributed by atoms with Gasteiger partial charge in [0.15, 0.2) is 0 Å². The fraction of sp³-hybridized carbons (Fsp3) is 0.333. The minimum atomic E-state index is -3.78. The molecule has 144 valence electrons. The maximum atomic E-state index is 12.6. The fourth-order valence-corrected chi connectivity index (χ4v) is 3.55. The van der Waals surface area contributed by atoms with Crippen molar-refractivity contribution in [2.75, 3.05) is 23.3 Å². The minimum absolute atomic E-state index is 0.110. The normalized spacial score (nSPS) is 17.1.